The van der Waals surface area contributed by atoms with Gasteiger partial charge in [0.2, 0.25) is 0 Å². The average Bonchev–Trinajstić information content (AvgIpc) is 2.57. The van der Waals surface area contributed by atoms with Crippen molar-refractivity contribution in [2.75, 3.05) is 39.9 Å². The van der Waals surface area contributed by atoms with Crippen LogP contribution in [0.3, 0.4) is 0 Å². The van der Waals surface area contributed by atoms with E-state index in [1.54, 1.807) is 0 Å². The van der Waals surface area contributed by atoms with E-state index >= 15 is 0 Å². The summed E-state index contributed by atoms with van der Waals surface area (Å²) >= 11 is 0. The molecule has 0 amide bonds. The Balaban J connectivity index is 0.00000312. The van der Waals surface area contributed by atoms with Crippen molar-refractivity contribution in [2.24, 2.45) is 4.99 Å². The van der Waals surface area contributed by atoms with Crippen LogP contribution in [0.25, 0.3) is 0 Å². The highest BCUT2D eigenvalue weighted by Gasteiger charge is 2.28. The molecule has 1 saturated heterocycles. The molecule has 1 heterocycles. The lowest BCUT2D eigenvalue weighted by Gasteiger charge is -2.41. The summed E-state index contributed by atoms with van der Waals surface area (Å²) in [6.07, 6.45) is 0. The Hall–Kier alpha value is -0.860. The molecule has 0 spiro atoms. The van der Waals surface area contributed by atoms with Crippen molar-refractivity contribution in [1.82, 2.24) is 15.5 Å². The van der Waals surface area contributed by atoms with E-state index in [0.29, 0.717) is 0 Å². The molecule has 0 unspecified atom stereocenters. The first-order valence-corrected chi connectivity index (χ1v) is 8.76. The Morgan fingerprint density at radius 2 is 1.88 bits per heavy atom. The number of nitrogens with one attached hydrogen (secondary N) is 2. The van der Waals surface area contributed by atoms with Gasteiger partial charge < -0.3 is 15.4 Å². The molecule has 2 N–H and O–H groups in total. The van der Waals surface area contributed by atoms with Crippen LogP contribution in [0, 0.1) is 13.8 Å². The molecule has 142 valence electrons. The molecule has 0 atom stereocenters. The Bertz CT molecular complexity index is 569. The van der Waals surface area contributed by atoms with Crippen molar-refractivity contribution in [3.05, 3.63) is 34.9 Å². The number of ether oxygens (including phenoxy) is 1. The van der Waals surface area contributed by atoms with Gasteiger partial charge in [0.05, 0.1) is 13.2 Å². The number of morpholine rings is 1. The molecule has 0 aromatic heterocycles. The highest BCUT2D eigenvalue weighted by molar-refractivity contribution is 14.0. The molecule has 1 fully saturated rings. The van der Waals surface area contributed by atoms with Gasteiger partial charge in [-0.3, -0.25) is 9.89 Å². The second-order valence-electron chi connectivity index (χ2n) is 7.12. The summed E-state index contributed by atoms with van der Waals surface area (Å²) in [5, 5.41) is 6.88. The Morgan fingerprint density at radius 3 is 2.48 bits per heavy atom. The molecular weight excluding hydrogens is 427 g/mol. The van der Waals surface area contributed by atoms with E-state index in [4.69, 9.17) is 4.74 Å². The third-order valence-electron chi connectivity index (χ3n) is 4.72. The van der Waals surface area contributed by atoms with E-state index in [1.165, 1.54) is 16.7 Å². The Kier molecular flexibility index (Phi) is 9.16. The second-order valence-corrected chi connectivity index (χ2v) is 7.12. The first-order chi connectivity index (χ1) is 11.4. The zero-order valence-corrected chi connectivity index (χ0v) is 18.5. The van der Waals surface area contributed by atoms with Gasteiger partial charge in [0, 0.05) is 38.8 Å². The molecule has 0 bridgehead atoms. The Labute approximate surface area is 169 Å². The number of nitrogens with zero attached hydrogens (tertiary/aromatic N) is 2. The summed E-state index contributed by atoms with van der Waals surface area (Å²) in [5.74, 6) is 0.844. The molecule has 2 rings (SSSR count). The van der Waals surface area contributed by atoms with E-state index in [9.17, 15) is 0 Å². The molecule has 0 aliphatic carbocycles. The summed E-state index contributed by atoms with van der Waals surface area (Å²) in [5.41, 5.74) is 3.98. The van der Waals surface area contributed by atoms with Gasteiger partial charge in [0.1, 0.15) is 0 Å². The van der Waals surface area contributed by atoms with Crippen LogP contribution in [-0.2, 0) is 11.3 Å². The maximum absolute atomic E-state index is 5.45. The predicted molar refractivity (Wildman–Crippen MR) is 116 cm³/mol. The first kappa shape index (κ1) is 22.2. The largest absolute Gasteiger partial charge is 0.379 e. The molecular formula is C19H33IN4O. The van der Waals surface area contributed by atoms with Gasteiger partial charge in [0.15, 0.2) is 5.96 Å². The van der Waals surface area contributed by atoms with Crippen molar-refractivity contribution >= 4 is 29.9 Å². The van der Waals surface area contributed by atoms with Crippen LogP contribution >= 0.6 is 24.0 Å². The van der Waals surface area contributed by atoms with Crippen LogP contribution < -0.4 is 10.6 Å². The number of aryl methyl sites for hydroxylation is 2. The van der Waals surface area contributed by atoms with E-state index in [-0.39, 0.29) is 29.5 Å². The summed E-state index contributed by atoms with van der Waals surface area (Å²) in [6.45, 7) is 14.1. The number of hydrogen-bond donors (Lipinski definition) is 2. The molecule has 1 aromatic carbocycles. The third-order valence-corrected chi connectivity index (χ3v) is 4.72. The normalized spacial score (nSPS) is 16.3. The molecule has 5 nitrogen and oxygen atoms in total. The van der Waals surface area contributed by atoms with Crippen LogP contribution in [0.5, 0.6) is 0 Å². The lowest BCUT2D eigenvalue weighted by molar-refractivity contribution is -0.00834. The van der Waals surface area contributed by atoms with E-state index in [1.807, 2.05) is 7.05 Å². The highest BCUT2D eigenvalue weighted by Crippen LogP contribution is 2.15. The van der Waals surface area contributed by atoms with Gasteiger partial charge >= 0.3 is 0 Å². The van der Waals surface area contributed by atoms with Crippen LogP contribution in [0.4, 0.5) is 0 Å². The van der Waals surface area contributed by atoms with Crippen molar-refractivity contribution in [1.29, 1.82) is 0 Å². The number of hydrogen-bond acceptors (Lipinski definition) is 3. The summed E-state index contributed by atoms with van der Waals surface area (Å²) in [4.78, 5) is 6.82. The standard InChI is InChI=1S/C19H32N4O.HI/c1-15-6-7-17(16(2)12-15)13-21-18(20-5)22-14-19(3,4)23-8-10-24-11-9-23;/h6-7,12H,8-11,13-14H2,1-5H3,(H2,20,21,22);1H. The fourth-order valence-corrected chi connectivity index (χ4v) is 3.02. The van der Waals surface area contributed by atoms with Crippen LogP contribution in [0.15, 0.2) is 23.2 Å². The minimum absolute atomic E-state index is 0. The lowest BCUT2D eigenvalue weighted by atomic mass is 10.0. The summed E-state index contributed by atoms with van der Waals surface area (Å²) < 4.78 is 5.45. The van der Waals surface area contributed by atoms with Gasteiger partial charge in [-0.25, -0.2) is 0 Å². The van der Waals surface area contributed by atoms with Crippen LogP contribution in [-0.4, -0.2) is 56.3 Å². The van der Waals surface area contributed by atoms with Crippen LogP contribution in [0.1, 0.15) is 30.5 Å². The zero-order chi connectivity index (χ0) is 17.6. The first-order valence-electron chi connectivity index (χ1n) is 8.76. The van der Waals surface area contributed by atoms with Crippen molar-refractivity contribution < 1.29 is 4.74 Å². The van der Waals surface area contributed by atoms with E-state index in [0.717, 1.165) is 45.4 Å². The van der Waals surface area contributed by atoms with E-state index < -0.39 is 0 Å². The fourth-order valence-electron chi connectivity index (χ4n) is 3.02. The number of guanidine groups is 1. The molecule has 0 radical (unpaired) electrons. The molecule has 1 aliphatic rings. The quantitative estimate of drug-likeness (QED) is 0.403. The average molecular weight is 460 g/mol. The van der Waals surface area contributed by atoms with Crippen molar-refractivity contribution in [3.63, 3.8) is 0 Å². The maximum Gasteiger partial charge on any atom is 0.191 e. The number of halogens is 1. The SMILES string of the molecule is CN=C(NCc1ccc(C)cc1C)NCC(C)(C)N1CCOCC1.I. The number of aliphatic imine (C=N–C) groups is 1. The molecule has 1 aromatic rings. The van der Waals surface area contributed by atoms with Gasteiger partial charge in [0.25, 0.3) is 0 Å². The maximum atomic E-state index is 5.45. The summed E-state index contributed by atoms with van der Waals surface area (Å²) in [7, 11) is 1.82. The Morgan fingerprint density at radius 1 is 1.20 bits per heavy atom. The molecule has 0 saturated carbocycles. The topological polar surface area (TPSA) is 48.9 Å². The molecule has 25 heavy (non-hydrogen) atoms. The van der Waals surface area contributed by atoms with Crippen LogP contribution in [0.2, 0.25) is 0 Å². The molecule has 6 heteroatoms. The molecule has 1 aliphatic heterocycles. The van der Waals surface area contributed by atoms with Gasteiger partial charge in [-0.1, -0.05) is 23.8 Å². The second kappa shape index (κ2) is 10.3. The third kappa shape index (κ3) is 6.75. The monoisotopic (exact) mass is 460 g/mol. The fraction of sp³-hybridized carbons (Fsp3) is 0.632. The predicted octanol–water partition coefficient (Wildman–Crippen LogP) is 2.70. The van der Waals surface area contributed by atoms with Gasteiger partial charge in [-0.15, -0.1) is 24.0 Å². The van der Waals surface area contributed by atoms with Gasteiger partial charge in [-0.2, -0.15) is 0 Å². The van der Waals surface area contributed by atoms with E-state index in [2.05, 4.69) is 66.4 Å². The lowest BCUT2D eigenvalue weighted by Crippen LogP contribution is -2.56. The minimum atomic E-state index is 0. The zero-order valence-electron chi connectivity index (χ0n) is 16.2. The highest BCUT2D eigenvalue weighted by atomic mass is 127. The minimum Gasteiger partial charge on any atom is -0.379 e. The van der Waals surface area contributed by atoms with Crippen molar-refractivity contribution in [2.45, 2.75) is 39.8 Å². The summed E-state index contributed by atoms with van der Waals surface area (Å²) in [6, 6.07) is 6.55. The van der Waals surface area contributed by atoms with Crippen molar-refractivity contribution in [3.8, 4) is 0 Å². The van der Waals surface area contributed by atoms with Gasteiger partial charge in [-0.05, 0) is 38.8 Å². The number of benzene rings is 1. The smallest absolute Gasteiger partial charge is 0.191 e. The number of rotatable bonds is 5.